The fourth-order valence-corrected chi connectivity index (χ4v) is 3.53. The molecule has 2 unspecified atom stereocenters. The summed E-state index contributed by atoms with van der Waals surface area (Å²) >= 11 is 0. The van der Waals surface area contributed by atoms with Crippen molar-refractivity contribution in [1.82, 2.24) is 0 Å². The van der Waals surface area contributed by atoms with E-state index in [0.29, 0.717) is 23.1 Å². The second-order valence-electron chi connectivity index (χ2n) is 7.41. The summed E-state index contributed by atoms with van der Waals surface area (Å²) < 4.78 is 0. The van der Waals surface area contributed by atoms with Crippen LogP contribution >= 0.6 is 0 Å². The zero-order valence-corrected chi connectivity index (χ0v) is 13.6. The van der Waals surface area contributed by atoms with E-state index >= 15 is 0 Å². The molecule has 0 aromatic heterocycles. The van der Waals surface area contributed by atoms with Crippen molar-refractivity contribution in [2.75, 3.05) is 5.32 Å². The average Bonchev–Trinajstić information content (AvgIpc) is 2.39. The van der Waals surface area contributed by atoms with E-state index in [1.807, 2.05) is 19.9 Å². The van der Waals surface area contributed by atoms with Gasteiger partial charge in [0.2, 0.25) is 0 Å². The Hall–Kier alpha value is -1.18. The summed E-state index contributed by atoms with van der Waals surface area (Å²) in [5.41, 5.74) is 3.35. The molecule has 2 nitrogen and oxygen atoms in total. The first-order valence-corrected chi connectivity index (χ1v) is 7.86. The number of hydrogen-bond acceptors (Lipinski definition) is 2. The lowest BCUT2D eigenvalue weighted by Crippen LogP contribution is -2.39. The summed E-state index contributed by atoms with van der Waals surface area (Å²) in [6, 6.07) is 4.63. The number of aromatic hydroxyl groups is 1. The van der Waals surface area contributed by atoms with Gasteiger partial charge in [-0.15, -0.1) is 0 Å². The molecular weight excluding hydrogens is 246 g/mol. The van der Waals surface area contributed by atoms with Gasteiger partial charge < -0.3 is 10.4 Å². The summed E-state index contributed by atoms with van der Waals surface area (Å²) in [6.07, 6.45) is 5.19. The van der Waals surface area contributed by atoms with Crippen LogP contribution in [0, 0.1) is 25.2 Å². The van der Waals surface area contributed by atoms with Crippen molar-refractivity contribution in [3.8, 4) is 5.75 Å². The lowest BCUT2D eigenvalue weighted by Gasteiger charge is -2.41. The number of nitrogens with one attached hydrogen (secondary N) is 1. The van der Waals surface area contributed by atoms with Gasteiger partial charge in [-0.25, -0.2) is 0 Å². The maximum atomic E-state index is 10.1. The van der Waals surface area contributed by atoms with E-state index in [2.05, 4.69) is 32.2 Å². The maximum absolute atomic E-state index is 10.1. The van der Waals surface area contributed by atoms with Gasteiger partial charge in [0.25, 0.3) is 0 Å². The fraction of sp³-hybridized carbons (Fsp3) is 0.667. The lowest BCUT2D eigenvalue weighted by atomic mass is 9.69. The highest BCUT2D eigenvalue weighted by molar-refractivity contribution is 5.59. The predicted octanol–water partition coefficient (Wildman–Crippen LogP) is 5.03. The van der Waals surface area contributed by atoms with Gasteiger partial charge in [-0.2, -0.15) is 0 Å². The molecule has 0 radical (unpaired) electrons. The number of phenols is 1. The van der Waals surface area contributed by atoms with E-state index < -0.39 is 0 Å². The van der Waals surface area contributed by atoms with Crippen molar-refractivity contribution in [3.63, 3.8) is 0 Å². The first-order valence-electron chi connectivity index (χ1n) is 7.86. The molecule has 112 valence electrons. The van der Waals surface area contributed by atoms with Crippen molar-refractivity contribution >= 4 is 5.69 Å². The highest BCUT2D eigenvalue weighted by Gasteiger charge is 2.34. The van der Waals surface area contributed by atoms with E-state index in [1.165, 1.54) is 25.7 Å². The van der Waals surface area contributed by atoms with Crippen LogP contribution < -0.4 is 5.32 Å². The molecule has 1 aromatic carbocycles. The third kappa shape index (κ3) is 3.11. The molecule has 1 fully saturated rings. The topological polar surface area (TPSA) is 32.3 Å². The zero-order valence-electron chi connectivity index (χ0n) is 13.6. The molecule has 1 aliphatic carbocycles. The molecular formula is C18H29NO. The van der Waals surface area contributed by atoms with Gasteiger partial charge in [-0.3, -0.25) is 0 Å². The number of phenolic OH excluding ortho intramolecular Hbond substituents is 1. The Balaban J connectivity index is 2.21. The smallest absolute Gasteiger partial charge is 0.123 e. The van der Waals surface area contributed by atoms with Crippen LogP contribution in [0.4, 0.5) is 5.69 Å². The molecule has 20 heavy (non-hydrogen) atoms. The normalized spacial score (nSPS) is 23.6. The second-order valence-corrected chi connectivity index (χ2v) is 7.41. The summed E-state index contributed by atoms with van der Waals surface area (Å²) in [5, 5.41) is 13.8. The fourth-order valence-electron chi connectivity index (χ4n) is 3.53. The summed E-state index contributed by atoms with van der Waals surface area (Å²) in [5.74, 6) is 1.12. The summed E-state index contributed by atoms with van der Waals surface area (Å²) in [4.78, 5) is 0. The predicted molar refractivity (Wildman–Crippen MR) is 86.4 cm³/mol. The Bertz CT molecular complexity index is 473. The van der Waals surface area contributed by atoms with Crippen LogP contribution in [0.1, 0.15) is 57.6 Å². The Kier molecular flexibility index (Phi) is 4.31. The molecule has 0 heterocycles. The molecule has 2 heteroatoms. The first kappa shape index (κ1) is 15.2. The minimum absolute atomic E-state index is 0.332. The minimum Gasteiger partial charge on any atom is -0.507 e. The lowest BCUT2D eigenvalue weighted by molar-refractivity contribution is 0.163. The molecule has 1 aromatic rings. The van der Waals surface area contributed by atoms with Crippen LogP contribution in [0.5, 0.6) is 5.75 Å². The van der Waals surface area contributed by atoms with Gasteiger partial charge in [-0.05, 0) is 49.7 Å². The van der Waals surface area contributed by atoms with Crippen LogP contribution in [0.2, 0.25) is 0 Å². The van der Waals surface area contributed by atoms with Crippen molar-refractivity contribution in [2.24, 2.45) is 11.3 Å². The Morgan fingerprint density at radius 2 is 1.75 bits per heavy atom. The molecule has 0 bridgehead atoms. The van der Waals surface area contributed by atoms with Gasteiger partial charge in [0.05, 0.1) is 0 Å². The number of rotatable bonds is 2. The third-order valence-corrected chi connectivity index (χ3v) is 4.85. The first-order chi connectivity index (χ1) is 9.30. The highest BCUT2D eigenvalue weighted by Crippen LogP contribution is 2.40. The van der Waals surface area contributed by atoms with Gasteiger partial charge in [-0.1, -0.05) is 39.7 Å². The highest BCUT2D eigenvalue weighted by atomic mass is 16.3. The number of anilines is 1. The molecule has 0 saturated heterocycles. The molecule has 2 rings (SSSR count). The summed E-state index contributed by atoms with van der Waals surface area (Å²) in [7, 11) is 0. The summed E-state index contributed by atoms with van der Waals surface area (Å²) in [6.45, 7) is 11.0. The SMILES string of the molecule is Cc1ccc(NC2CCCCC2C(C)(C)C)c(C)c1O. The molecule has 0 amide bonds. The number of hydrogen-bond donors (Lipinski definition) is 2. The largest absolute Gasteiger partial charge is 0.507 e. The molecule has 0 aliphatic heterocycles. The molecule has 2 N–H and O–H groups in total. The number of benzene rings is 1. The van der Waals surface area contributed by atoms with Crippen LogP contribution in [-0.2, 0) is 0 Å². The standard InChI is InChI=1S/C18H29NO/c1-12-10-11-15(13(2)17(12)20)19-16-9-7-6-8-14(16)18(3,4)5/h10-11,14,16,19-20H,6-9H2,1-5H3. The quantitative estimate of drug-likeness (QED) is 0.793. The Morgan fingerprint density at radius 3 is 2.40 bits per heavy atom. The molecule has 1 aliphatic rings. The van der Waals surface area contributed by atoms with E-state index in [4.69, 9.17) is 0 Å². The average molecular weight is 275 g/mol. The minimum atomic E-state index is 0.332. The van der Waals surface area contributed by atoms with Crippen LogP contribution in [0.25, 0.3) is 0 Å². The van der Waals surface area contributed by atoms with E-state index in [-0.39, 0.29) is 0 Å². The van der Waals surface area contributed by atoms with Gasteiger partial charge in [0, 0.05) is 17.3 Å². The van der Waals surface area contributed by atoms with Crippen molar-refractivity contribution in [1.29, 1.82) is 0 Å². The van der Waals surface area contributed by atoms with E-state index in [0.717, 1.165) is 16.8 Å². The van der Waals surface area contributed by atoms with Crippen molar-refractivity contribution < 1.29 is 5.11 Å². The monoisotopic (exact) mass is 275 g/mol. The van der Waals surface area contributed by atoms with Crippen LogP contribution in [0.15, 0.2) is 12.1 Å². The molecule has 2 atom stereocenters. The Labute approximate surface area is 123 Å². The van der Waals surface area contributed by atoms with Crippen LogP contribution in [0.3, 0.4) is 0 Å². The van der Waals surface area contributed by atoms with Gasteiger partial charge in [0.15, 0.2) is 0 Å². The number of aryl methyl sites for hydroxylation is 1. The second kappa shape index (κ2) is 5.67. The molecule has 0 spiro atoms. The van der Waals surface area contributed by atoms with Gasteiger partial charge in [0.1, 0.15) is 5.75 Å². The zero-order chi connectivity index (χ0) is 14.9. The van der Waals surface area contributed by atoms with E-state index in [9.17, 15) is 5.11 Å². The van der Waals surface area contributed by atoms with Crippen LogP contribution in [-0.4, -0.2) is 11.1 Å². The maximum Gasteiger partial charge on any atom is 0.123 e. The van der Waals surface area contributed by atoms with Crippen molar-refractivity contribution in [2.45, 2.75) is 66.3 Å². The van der Waals surface area contributed by atoms with Crippen molar-refractivity contribution in [3.05, 3.63) is 23.3 Å². The van der Waals surface area contributed by atoms with Gasteiger partial charge >= 0.3 is 0 Å². The molecule has 1 saturated carbocycles. The third-order valence-electron chi connectivity index (χ3n) is 4.85. The Morgan fingerprint density at radius 1 is 1.10 bits per heavy atom. The van der Waals surface area contributed by atoms with E-state index in [1.54, 1.807) is 0 Å².